The van der Waals surface area contributed by atoms with E-state index in [1.165, 1.54) is 0 Å². The minimum Gasteiger partial charge on any atom is -0.494 e. The van der Waals surface area contributed by atoms with Crippen LogP contribution in [-0.2, 0) is 4.79 Å². The number of amides is 2. The van der Waals surface area contributed by atoms with Crippen LogP contribution in [0.25, 0.3) is 0 Å². The summed E-state index contributed by atoms with van der Waals surface area (Å²) in [4.78, 5) is 26.6. The van der Waals surface area contributed by atoms with Crippen LogP contribution in [0.1, 0.15) is 44.5 Å². The molecule has 2 aromatic rings. The highest BCUT2D eigenvalue weighted by Crippen LogP contribution is 2.18. The third kappa shape index (κ3) is 7.43. The van der Waals surface area contributed by atoms with Gasteiger partial charge in [-0.2, -0.15) is 0 Å². The molecule has 0 heterocycles. The van der Waals surface area contributed by atoms with Gasteiger partial charge in [0, 0.05) is 36.1 Å². The lowest BCUT2D eigenvalue weighted by molar-refractivity contribution is -0.114. The van der Waals surface area contributed by atoms with Crippen molar-refractivity contribution in [2.24, 2.45) is 5.92 Å². The number of rotatable bonds is 11. The Morgan fingerprint density at radius 1 is 1.00 bits per heavy atom. The van der Waals surface area contributed by atoms with Crippen LogP contribution in [0.3, 0.4) is 0 Å². The second-order valence-electron chi connectivity index (χ2n) is 7.52. The number of carbonyl (C=O) groups excluding carboxylic acids is 2. The molecule has 30 heavy (non-hydrogen) atoms. The smallest absolute Gasteiger partial charge is 0.253 e. The fraction of sp³-hybridized carbons (Fsp3) is 0.417. The zero-order chi connectivity index (χ0) is 21.9. The minimum atomic E-state index is -0.171. The van der Waals surface area contributed by atoms with Crippen LogP contribution < -0.4 is 15.4 Å². The van der Waals surface area contributed by atoms with Crippen molar-refractivity contribution < 1.29 is 14.3 Å². The summed E-state index contributed by atoms with van der Waals surface area (Å²) < 4.78 is 5.74. The van der Waals surface area contributed by atoms with Gasteiger partial charge in [-0.25, -0.2) is 0 Å². The third-order valence-corrected chi connectivity index (χ3v) is 4.69. The molecule has 0 bridgehead atoms. The Morgan fingerprint density at radius 3 is 2.40 bits per heavy atom. The fourth-order valence-electron chi connectivity index (χ4n) is 2.92. The van der Waals surface area contributed by atoms with E-state index in [-0.39, 0.29) is 18.4 Å². The van der Waals surface area contributed by atoms with Gasteiger partial charge >= 0.3 is 0 Å². The molecule has 0 unspecified atom stereocenters. The summed E-state index contributed by atoms with van der Waals surface area (Å²) in [6, 6.07) is 14.6. The number of nitrogens with zero attached hydrogens (tertiary/aromatic N) is 1. The van der Waals surface area contributed by atoms with Gasteiger partial charge in [-0.1, -0.05) is 26.0 Å². The zero-order valence-electron chi connectivity index (χ0n) is 18.4. The van der Waals surface area contributed by atoms with E-state index in [1.54, 1.807) is 17.0 Å². The second kappa shape index (κ2) is 11.9. The Hall–Kier alpha value is -3.02. The number of anilines is 2. The molecule has 0 saturated carbocycles. The molecule has 0 aliphatic carbocycles. The Balaban J connectivity index is 1.89. The van der Waals surface area contributed by atoms with E-state index in [9.17, 15) is 9.59 Å². The molecule has 6 heteroatoms. The predicted octanol–water partition coefficient (Wildman–Crippen LogP) is 4.64. The highest BCUT2D eigenvalue weighted by atomic mass is 16.5. The average Bonchev–Trinajstić information content (AvgIpc) is 2.73. The number of carbonyl (C=O) groups is 2. The van der Waals surface area contributed by atoms with Crippen molar-refractivity contribution in [3.05, 3.63) is 54.1 Å². The molecular weight excluding hydrogens is 378 g/mol. The molecule has 2 aromatic carbocycles. The second-order valence-corrected chi connectivity index (χ2v) is 7.52. The van der Waals surface area contributed by atoms with E-state index in [2.05, 4.69) is 24.5 Å². The molecule has 0 atom stereocenters. The highest BCUT2D eigenvalue weighted by molar-refractivity contribution is 5.96. The van der Waals surface area contributed by atoms with Crippen LogP contribution in [0.15, 0.2) is 48.5 Å². The van der Waals surface area contributed by atoms with Crippen molar-refractivity contribution in [3.63, 3.8) is 0 Å². The van der Waals surface area contributed by atoms with Crippen LogP contribution in [0, 0.1) is 5.92 Å². The number of hydrogen-bond acceptors (Lipinski definition) is 4. The Morgan fingerprint density at radius 2 is 1.70 bits per heavy atom. The lowest BCUT2D eigenvalue weighted by Crippen LogP contribution is -2.30. The van der Waals surface area contributed by atoms with Crippen LogP contribution in [0.5, 0.6) is 5.75 Å². The molecule has 0 radical (unpaired) electrons. The van der Waals surface area contributed by atoms with E-state index in [0.29, 0.717) is 36.9 Å². The molecule has 6 nitrogen and oxygen atoms in total. The normalized spacial score (nSPS) is 10.6. The predicted molar refractivity (Wildman–Crippen MR) is 122 cm³/mol. The number of ether oxygens (including phenoxy) is 1. The van der Waals surface area contributed by atoms with E-state index >= 15 is 0 Å². The summed E-state index contributed by atoms with van der Waals surface area (Å²) in [6.07, 6.45) is 0.982. The molecule has 0 aliphatic rings. The largest absolute Gasteiger partial charge is 0.494 e. The first-order valence-electron chi connectivity index (χ1n) is 10.6. The van der Waals surface area contributed by atoms with Crippen molar-refractivity contribution in [1.82, 2.24) is 4.90 Å². The van der Waals surface area contributed by atoms with Crippen molar-refractivity contribution in [2.75, 3.05) is 36.9 Å². The molecule has 0 spiro atoms. The van der Waals surface area contributed by atoms with Gasteiger partial charge in [-0.15, -0.1) is 0 Å². The molecule has 0 saturated heterocycles. The third-order valence-electron chi connectivity index (χ3n) is 4.69. The summed E-state index contributed by atoms with van der Waals surface area (Å²) in [7, 11) is 0. The summed E-state index contributed by atoms with van der Waals surface area (Å²) in [5.74, 6) is 1.14. The van der Waals surface area contributed by atoms with Crippen LogP contribution in [0.4, 0.5) is 11.4 Å². The molecule has 2 N–H and O–H groups in total. The van der Waals surface area contributed by atoms with Crippen LogP contribution in [0.2, 0.25) is 0 Å². The maximum Gasteiger partial charge on any atom is 0.253 e. The highest BCUT2D eigenvalue weighted by Gasteiger charge is 2.13. The van der Waals surface area contributed by atoms with E-state index < -0.39 is 0 Å². The van der Waals surface area contributed by atoms with Crippen LogP contribution >= 0.6 is 0 Å². The first-order valence-corrected chi connectivity index (χ1v) is 10.6. The lowest BCUT2D eigenvalue weighted by atomic mass is 10.1. The van der Waals surface area contributed by atoms with Crippen molar-refractivity contribution >= 4 is 23.2 Å². The summed E-state index contributed by atoms with van der Waals surface area (Å²) in [5.41, 5.74) is 2.03. The quantitative estimate of drug-likeness (QED) is 0.565. The summed E-state index contributed by atoms with van der Waals surface area (Å²) >= 11 is 0. The number of hydrogen-bond donors (Lipinski definition) is 2. The molecule has 0 fully saturated rings. The van der Waals surface area contributed by atoms with Gasteiger partial charge in [0.1, 0.15) is 5.75 Å². The van der Waals surface area contributed by atoms with Gasteiger partial charge in [0.15, 0.2) is 0 Å². The van der Waals surface area contributed by atoms with Crippen molar-refractivity contribution in [1.29, 1.82) is 0 Å². The first-order chi connectivity index (χ1) is 14.4. The Labute approximate surface area is 179 Å². The summed E-state index contributed by atoms with van der Waals surface area (Å²) in [6.45, 7) is 10.3. The molecule has 162 valence electrons. The van der Waals surface area contributed by atoms with E-state index in [0.717, 1.165) is 17.9 Å². The van der Waals surface area contributed by atoms with Crippen molar-refractivity contribution in [3.8, 4) is 5.75 Å². The first kappa shape index (κ1) is 23.3. The van der Waals surface area contributed by atoms with Crippen LogP contribution in [-0.4, -0.2) is 43.0 Å². The van der Waals surface area contributed by atoms with Gasteiger partial charge in [-0.05, 0) is 56.5 Å². The van der Waals surface area contributed by atoms with Gasteiger partial charge < -0.3 is 20.3 Å². The lowest BCUT2D eigenvalue weighted by Gasteiger charge is -2.19. The maximum atomic E-state index is 12.5. The molecule has 2 amide bonds. The van der Waals surface area contributed by atoms with Gasteiger partial charge in [0.25, 0.3) is 5.91 Å². The zero-order valence-corrected chi connectivity index (χ0v) is 18.4. The summed E-state index contributed by atoms with van der Waals surface area (Å²) in [5, 5.41) is 5.95. The van der Waals surface area contributed by atoms with E-state index in [4.69, 9.17) is 4.74 Å². The monoisotopic (exact) mass is 411 g/mol. The Kier molecular flexibility index (Phi) is 9.19. The molecular formula is C24H33N3O3. The Bertz CT molecular complexity index is 832. The topological polar surface area (TPSA) is 70.7 Å². The standard InChI is InChI=1S/C24H33N3O3/c1-5-27(6-2)24(29)19-9-7-10-20(15-19)25-17-23(28)26-21-11-8-12-22(16-21)30-14-13-18(3)4/h7-12,15-16,18,25H,5-6,13-14,17H2,1-4H3,(H,26,28). The van der Waals surface area contributed by atoms with Gasteiger partial charge in [0.05, 0.1) is 13.2 Å². The molecule has 2 rings (SSSR count). The maximum absolute atomic E-state index is 12.5. The average molecular weight is 412 g/mol. The van der Waals surface area contributed by atoms with Crippen molar-refractivity contribution in [2.45, 2.75) is 34.1 Å². The SMILES string of the molecule is CCN(CC)C(=O)c1cccc(NCC(=O)Nc2cccc(OCCC(C)C)c2)c1. The number of benzene rings is 2. The fourth-order valence-corrected chi connectivity index (χ4v) is 2.92. The van der Waals surface area contributed by atoms with E-state index in [1.807, 2.05) is 50.2 Å². The van der Waals surface area contributed by atoms with Gasteiger partial charge in [-0.3, -0.25) is 9.59 Å². The molecule has 0 aliphatic heterocycles. The minimum absolute atomic E-state index is 0.0117. The van der Waals surface area contributed by atoms with Gasteiger partial charge in [0.2, 0.25) is 5.91 Å². The molecule has 0 aromatic heterocycles. The number of nitrogens with one attached hydrogen (secondary N) is 2.